The molecule has 1 unspecified atom stereocenters. The highest BCUT2D eigenvalue weighted by atomic mass is 35.5. The predicted molar refractivity (Wildman–Crippen MR) is 75.4 cm³/mol. The van der Waals surface area contributed by atoms with Crippen molar-refractivity contribution in [3.63, 3.8) is 0 Å². The van der Waals surface area contributed by atoms with E-state index in [1.54, 1.807) is 6.07 Å². The molecule has 2 rings (SSSR count). The van der Waals surface area contributed by atoms with Crippen LogP contribution in [0.1, 0.15) is 23.9 Å². The second-order valence-corrected chi connectivity index (χ2v) is 5.62. The molecule has 2 heterocycles. The molecule has 0 spiro atoms. The van der Waals surface area contributed by atoms with E-state index in [1.165, 1.54) is 11.8 Å². The second kappa shape index (κ2) is 5.99. The van der Waals surface area contributed by atoms with Gasteiger partial charge in [-0.05, 0) is 36.8 Å². The molecule has 4 nitrogen and oxygen atoms in total. The number of hydrogen-bond acceptors (Lipinski definition) is 4. The summed E-state index contributed by atoms with van der Waals surface area (Å²) in [6, 6.07) is 3.57. The maximum atomic E-state index is 12.2. The molecular formula is C12H19ClN2O2S. The summed E-state index contributed by atoms with van der Waals surface area (Å²) in [5.41, 5.74) is 5.79. The van der Waals surface area contributed by atoms with Gasteiger partial charge in [0.1, 0.15) is 0 Å². The number of nitrogens with two attached hydrogens (primary N) is 1. The highest BCUT2D eigenvalue weighted by Crippen LogP contribution is 2.30. The van der Waals surface area contributed by atoms with E-state index >= 15 is 0 Å². The van der Waals surface area contributed by atoms with Crippen LogP contribution in [0.5, 0.6) is 0 Å². The monoisotopic (exact) mass is 290 g/mol. The van der Waals surface area contributed by atoms with Gasteiger partial charge in [-0.15, -0.1) is 12.4 Å². The second-order valence-electron chi connectivity index (χ2n) is 4.81. The van der Waals surface area contributed by atoms with Crippen molar-refractivity contribution < 1.29 is 9.21 Å². The maximum Gasteiger partial charge on any atom is 0.289 e. The number of hydrogen-bond donors (Lipinski definition) is 1. The predicted octanol–water partition coefficient (Wildman–Crippen LogP) is 2.23. The van der Waals surface area contributed by atoms with E-state index in [4.69, 9.17) is 10.2 Å². The first-order valence-corrected chi connectivity index (χ1v) is 6.94. The summed E-state index contributed by atoms with van der Waals surface area (Å²) in [4.78, 5) is 14.0. The van der Waals surface area contributed by atoms with E-state index in [2.05, 4.69) is 6.92 Å². The van der Waals surface area contributed by atoms with Gasteiger partial charge in [-0.3, -0.25) is 4.79 Å². The van der Waals surface area contributed by atoms with E-state index in [-0.39, 0.29) is 23.7 Å². The molecule has 1 amide bonds. The lowest BCUT2D eigenvalue weighted by atomic mass is 9.90. The van der Waals surface area contributed by atoms with Crippen LogP contribution in [0.25, 0.3) is 0 Å². The Hall–Kier alpha value is -0.650. The normalized spacial score (nSPS) is 22.9. The average Bonchev–Trinajstić information content (AvgIpc) is 2.95. The zero-order valence-corrected chi connectivity index (χ0v) is 12.3. The fourth-order valence-electron chi connectivity index (χ4n) is 2.06. The highest BCUT2D eigenvalue weighted by Gasteiger charge is 2.35. The number of nitrogens with zero attached hydrogens (tertiary/aromatic N) is 1. The molecule has 1 aromatic rings. The van der Waals surface area contributed by atoms with Crippen LogP contribution in [0.15, 0.2) is 21.6 Å². The molecule has 0 aromatic carbocycles. The number of amides is 1. The number of carbonyl (C=O) groups is 1. The van der Waals surface area contributed by atoms with Gasteiger partial charge in [0, 0.05) is 13.1 Å². The average molecular weight is 291 g/mol. The lowest BCUT2D eigenvalue weighted by Gasteiger charge is -2.21. The minimum Gasteiger partial charge on any atom is -0.445 e. The molecule has 102 valence electrons. The molecule has 1 atom stereocenters. The third kappa shape index (κ3) is 3.02. The van der Waals surface area contributed by atoms with Crippen LogP contribution in [0.2, 0.25) is 0 Å². The van der Waals surface area contributed by atoms with Crippen LogP contribution in [0, 0.1) is 5.41 Å². The Kier molecular flexibility index (Phi) is 5.13. The van der Waals surface area contributed by atoms with E-state index in [1.807, 2.05) is 17.2 Å². The van der Waals surface area contributed by atoms with Crippen LogP contribution in [0.4, 0.5) is 0 Å². The third-order valence-corrected chi connectivity index (χ3v) is 3.95. The van der Waals surface area contributed by atoms with Crippen LogP contribution < -0.4 is 5.73 Å². The first-order chi connectivity index (χ1) is 8.08. The lowest BCUT2D eigenvalue weighted by molar-refractivity contribution is 0.0740. The molecule has 0 saturated carbocycles. The van der Waals surface area contributed by atoms with Crippen molar-refractivity contribution in [2.75, 3.05) is 25.9 Å². The van der Waals surface area contributed by atoms with Crippen molar-refractivity contribution in [1.82, 2.24) is 4.90 Å². The summed E-state index contributed by atoms with van der Waals surface area (Å²) in [6.45, 7) is 4.22. The standard InChI is InChI=1S/C12H18N2O2S.ClH/c1-12(7-13)5-6-14(8-12)11(15)9-3-4-10(16-9)17-2;/h3-4H,5-8,13H2,1-2H3;1H. The van der Waals surface area contributed by atoms with Gasteiger partial charge in [-0.2, -0.15) is 0 Å². The number of furan rings is 1. The quantitative estimate of drug-likeness (QED) is 0.867. The van der Waals surface area contributed by atoms with Gasteiger partial charge in [0.05, 0.1) is 0 Å². The van der Waals surface area contributed by atoms with Crippen LogP contribution >= 0.6 is 24.2 Å². The summed E-state index contributed by atoms with van der Waals surface area (Å²) in [6.07, 6.45) is 2.89. The molecule has 0 aliphatic carbocycles. The number of thioether (sulfide) groups is 1. The van der Waals surface area contributed by atoms with E-state index in [9.17, 15) is 4.79 Å². The molecule has 0 bridgehead atoms. The van der Waals surface area contributed by atoms with Crippen molar-refractivity contribution in [2.24, 2.45) is 11.1 Å². The van der Waals surface area contributed by atoms with Gasteiger partial charge in [0.2, 0.25) is 0 Å². The fourth-order valence-corrected chi connectivity index (χ4v) is 2.44. The van der Waals surface area contributed by atoms with Gasteiger partial charge < -0.3 is 15.1 Å². The van der Waals surface area contributed by atoms with Crippen LogP contribution in [-0.2, 0) is 0 Å². The third-order valence-electron chi connectivity index (χ3n) is 3.33. The minimum absolute atomic E-state index is 0. The van der Waals surface area contributed by atoms with Crippen molar-refractivity contribution in [3.8, 4) is 0 Å². The first kappa shape index (κ1) is 15.4. The number of rotatable bonds is 3. The fraction of sp³-hybridized carbons (Fsp3) is 0.583. The summed E-state index contributed by atoms with van der Waals surface area (Å²) < 4.78 is 5.45. The summed E-state index contributed by atoms with van der Waals surface area (Å²) in [7, 11) is 0. The molecule has 0 radical (unpaired) electrons. The van der Waals surface area contributed by atoms with Gasteiger partial charge in [-0.1, -0.05) is 18.7 Å². The SMILES string of the molecule is CSc1ccc(C(=O)N2CCC(C)(CN)C2)o1.Cl. The van der Waals surface area contributed by atoms with Gasteiger partial charge in [0.15, 0.2) is 10.9 Å². The Labute approximate surface area is 118 Å². The molecule has 18 heavy (non-hydrogen) atoms. The number of carbonyl (C=O) groups excluding carboxylic acids is 1. The van der Waals surface area contributed by atoms with Crippen molar-refractivity contribution in [1.29, 1.82) is 0 Å². The van der Waals surface area contributed by atoms with Crippen molar-refractivity contribution in [3.05, 3.63) is 17.9 Å². The topological polar surface area (TPSA) is 59.5 Å². The molecule has 1 saturated heterocycles. The summed E-state index contributed by atoms with van der Waals surface area (Å²) >= 11 is 1.50. The molecule has 2 N–H and O–H groups in total. The van der Waals surface area contributed by atoms with E-state index in [0.717, 1.165) is 24.6 Å². The summed E-state index contributed by atoms with van der Waals surface area (Å²) in [5, 5.41) is 0.772. The van der Waals surface area contributed by atoms with Gasteiger partial charge in [0.25, 0.3) is 5.91 Å². The maximum absolute atomic E-state index is 12.2. The minimum atomic E-state index is -0.0255. The van der Waals surface area contributed by atoms with Crippen LogP contribution in [-0.4, -0.2) is 36.7 Å². The van der Waals surface area contributed by atoms with E-state index in [0.29, 0.717) is 12.3 Å². The number of likely N-dealkylation sites (tertiary alicyclic amines) is 1. The molecule has 1 aliphatic heterocycles. The Morgan fingerprint density at radius 1 is 1.61 bits per heavy atom. The Bertz CT molecular complexity index is 424. The highest BCUT2D eigenvalue weighted by molar-refractivity contribution is 7.98. The Balaban J connectivity index is 0.00000162. The van der Waals surface area contributed by atoms with Crippen molar-refractivity contribution in [2.45, 2.75) is 18.4 Å². The largest absolute Gasteiger partial charge is 0.445 e. The van der Waals surface area contributed by atoms with Crippen LogP contribution in [0.3, 0.4) is 0 Å². The molecular weight excluding hydrogens is 272 g/mol. The van der Waals surface area contributed by atoms with E-state index < -0.39 is 0 Å². The molecule has 1 aromatic heterocycles. The van der Waals surface area contributed by atoms with Crippen molar-refractivity contribution >= 4 is 30.1 Å². The number of halogens is 1. The molecule has 1 aliphatic rings. The zero-order chi connectivity index (χ0) is 12.5. The molecule has 6 heteroatoms. The van der Waals surface area contributed by atoms with Gasteiger partial charge >= 0.3 is 0 Å². The molecule has 1 fully saturated rings. The Morgan fingerprint density at radius 2 is 2.33 bits per heavy atom. The first-order valence-electron chi connectivity index (χ1n) is 5.71. The lowest BCUT2D eigenvalue weighted by Crippen LogP contribution is -2.34. The Morgan fingerprint density at radius 3 is 2.83 bits per heavy atom. The summed E-state index contributed by atoms with van der Waals surface area (Å²) in [5.74, 6) is 0.401. The van der Waals surface area contributed by atoms with Gasteiger partial charge in [-0.25, -0.2) is 0 Å². The zero-order valence-electron chi connectivity index (χ0n) is 10.6. The smallest absolute Gasteiger partial charge is 0.289 e.